The molecule has 0 aliphatic carbocycles. The Labute approximate surface area is 110 Å². The summed E-state index contributed by atoms with van der Waals surface area (Å²) in [4.78, 5) is 8.63. The normalized spacial score (nSPS) is 10.6. The summed E-state index contributed by atoms with van der Waals surface area (Å²) in [5.41, 5.74) is 1.75. The number of benzene rings is 2. The van der Waals surface area contributed by atoms with E-state index in [0.29, 0.717) is 12.5 Å². The Morgan fingerprint density at radius 2 is 1.95 bits per heavy atom. The summed E-state index contributed by atoms with van der Waals surface area (Å²) < 4.78 is 13.0. The van der Waals surface area contributed by atoms with Crippen LogP contribution in [0.3, 0.4) is 0 Å². The molecule has 0 spiro atoms. The fourth-order valence-corrected chi connectivity index (χ4v) is 1.89. The number of halogens is 1. The first-order valence-electron chi connectivity index (χ1n) is 6.01. The summed E-state index contributed by atoms with van der Waals surface area (Å²) in [5, 5.41) is 4.09. The topological polar surface area (TPSA) is 37.8 Å². The van der Waals surface area contributed by atoms with Crippen LogP contribution in [0.4, 0.5) is 10.3 Å². The molecule has 3 nitrogen and oxygen atoms in total. The highest BCUT2D eigenvalue weighted by Crippen LogP contribution is 2.12. The van der Waals surface area contributed by atoms with Gasteiger partial charge in [-0.15, -0.1) is 0 Å². The van der Waals surface area contributed by atoms with Gasteiger partial charge in [-0.05, 0) is 23.8 Å². The Kier molecular flexibility index (Phi) is 3.06. The van der Waals surface area contributed by atoms with Gasteiger partial charge in [-0.1, -0.05) is 30.3 Å². The van der Waals surface area contributed by atoms with E-state index in [9.17, 15) is 4.39 Å². The molecule has 2 aromatic carbocycles. The van der Waals surface area contributed by atoms with Gasteiger partial charge in [0, 0.05) is 18.1 Å². The van der Waals surface area contributed by atoms with Crippen molar-refractivity contribution in [3.05, 3.63) is 66.1 Å². The molecule has 1 N–H and O–H groups in total. The monoisotopic (exact) mass is 253 g/mol. The molecule has 3 aromatic rings. The third-order valence-corrected chi connectivity index (χ3v) is 2.83. The van der Waals surface area contributed by atoms with Gasteiger partial charge in [-0.3, -0.25) is 0 Å². The molecule has 1 aromatic heterocycles. The number of aromatic nitrogens is 2. The lowest BCUT2D eigenvalue weighted by molar-refractivity contribution is 0.626. The van der Waals surface area contributed by atoms with Crippen molar-refractivity contribution in [2.45, 2.75) is 6.54 Å². The summed E-state index contributed by atoms with van der Waals surface area (Å²) in [7, 11) is 0. The highest BCUT2D eigenvalue weighted by atomic mass is 19.1. The zero-order valence-corrected chi connectivity index (χ0v) is 10.2. The van der Waals surface area contributed by atoms with Gasteiger partial charge in [0.05, 0.1) is 5.52 Å². The highest BCUT2D eigenvalue weighted by Gasteiger charge is 2.00. The highest BCUT2D eigenvalue weighted by molar-refractivity contribution is 5.78. The average Bonchev–Trinajstić information content (AvgIpc) is 2.45. The molecule has 0 saturated heterocycles. The van der Waals surface area contributed by atoms with E-state index in [0.717, 1.165) is 16.5 Å². The maximum Gasteiger partial charge on any atom is 0.223 e. The number of rotatable bonds is 3. The Bertz CT molecular complexity index is 712. The Morgan fingerprint density at radius 3 is 2.84 bits per heavy atom. The molecule has 94 valence electrons. The van der Waals surface area contributed by atoms with Crippen molar-refractivity contribution in [3.63, 3.8) is 0 Å². The van der Waals surface area contributed by atoms with Gasteiger partial charge in [-0.2, -0.15) is 0 Å². The predicted octanol–water partition coefficient (Wildman–Crippen LogP) is 3.38. The number of hydrogen-bond donors (Lipinski definition) is 1. The largest absolute Gasteiger partial charge is 0.350 e. The van der Waals surface area contributed by atoms with E-state index >= 15 is 0 Å². The van der Waals surface area contributed by atoms with Crippen LogP contribution in [0.1, 0.15) is 5.56 Å². The van der Waals surface area contributed by atoms with Crippen LogP contribution in [0.5, 0.6) is 0 Å². The zero-order chi connectivity index (χ0) is 13.1. The first-order chi connectivity index (χ1) is 9.31. The molecule has 0 unspecified atom stereocenters. The maximum absolute atomic E-state index is 13.0. The lowest BCUT2D eigenvalue weighted by Gasteiger charge is -2.05. The summed E-state index contributed by atoms with van der Waals surface area (Å²) >= 11 is 0. The van der Waals surface area contributed by atoms with Crippen LogP contribution >= 0.6 is 0 Å². The van der Waals surface area contributed by atoms with Crippen LogP contribution in [-0.2, 0) is 6.54 Å². The lowest BCUT2D eigenvalue weighted by atomic mass is 10.2. The van der Waals surface area contributed by atoms with Crippen molar-refractivity contribution >= 4 is 16.9 Å². The minimum Gasteiger partial charge on any atom is -0.350 e. The first kappa shape index (κ1) is 11.6. The summed E-state index contributed by atoms with van der Waals surface area (Å²) in [6, 6.07) is 14.3. The molecule has 19 heavy (non-hydrogen) atoms. The first-order valence-corrected chi connectivity index (χ1v) is 6.01. The number of hydrogen-bond acceptors (Lipinski definition) is 3. The van der Waals surface area contributed by atoms with E-state index in [1.165, 1.54) is 12.1 Å². The van der Waals surface area contributed by atoms with Gasteiger partial charge < -0.3 is 5.32 Å². The minimum atomic E-state index is -0.237. The molecule has 0 bridgehead atoms. The standard InChI is InChI=1S/C15H12FN3/c16-13-6-3-4-11(8-13)9-17-15-18-10-12-5-1-2-7-14(12)19-15/h1-8,10H,9H2,(H,17,18,19). The number of fused-ring (bicyclic) bond motifs is 1. The molecule has 1 heterocycles. The van der Waals surface area contributed by atoms with Crippen molar-refractivity contribution in [1.29, 1.82) is 0 Å². The molecule has 4 heteroatoms. The van der Waals surface area contributed by atoms with Crippen molar-refractivity contribution in [2.75, 3.05) is 5.32 Å². The average molecular weight is 253 g/mol. The molecule has 0 aliphatic rings. The molecular weight excluding hydrogens is 241 g/mol. The Hall–Kier alpha value is -2.49. The molecule has 0 amide bonds. The van der Waals surface area contributed by atoms with Crippen LogP contribution in [-0.4, -0.2) is 9.97 Å². The summed E-state index contributed by atoms with van der Waals surface area (Å²) in [6.45, 7) is 0.496. The van der Waals surface area contributed by atoms with Crippen LogP contribution < -0.4 is 5.32 Å². The van der Waals surface area contributed by atoms with E-state index < -0.39 is 0 Å². The van der Waals surface area contributed by atoms with E-state index in [1.807, 2.05) is 30.3 Å². The van der Waals surface area contributed by atoms with Gasteiger partial charge in [0.25, 0.3) is 0 Å². The molecule has 0 atom stereocenters. The van der Waals surface area contributed by atoms with Gasteiger partial charge in [0.2, 0.25) is 5.95 Å². The maximum atomic E-state index is 13.0. The van der Waals surface area contributed by atoms with Crippen molar-refractivity contribution in [2.24, 2.45) is 0 Å². The van der Waals surface area contributed by atoms with E-state index in [4.69, 9.17) is 0 Å². The molecular formula is C15H12FN3. The number of nitrogens with zero attached hydrogens (tertiary/aromatic N) is 2. The smallest absolute Gasteiger partial charge is 0.223 e. The molecule has 0 aliphatic heterocycles. The molecule has 0 fully saturated rings. The Balaban J connectivity index is 1.78. The second kappa shape index (κ2) is 5.02. The third kappa shape index (κ3) is 2.68. The molecule has 0 saturated carbocycles. The number of para-hydroxylation sites is 1. The molecule has 0 radical (unpaired) electrons. The minimum absolute atomic E-state index is 0.237. The number of nitrogens with one attached hydrogen (secondary N) is 1. The quantitative estimate of drug-likeness (QED) is 0.777. The summed E-state index contributed by atoms with van der Waals surface area (Å²) in [6.07, 6.45) is 1.77. The second-order valence-electron chi connectivity index (χ2n) is 4.24. The van der Waals surface area contributed by atoms with Crippen LogP contribution in [0.25, 0.3) is 10.9 Å². The Morgan fingerprint density at radius 1 is 1.05 bits per heavy atom. The van der Waals surface area contributed by atoms with Crippen molar-refractivity contribution < 1.29 is 4.39 Å². The molecule has 3 rings (SSSR count). The van der Waals surface area contributed by atoms with E-state index in [2.05, 4.69) is 15.3 Å². The SMILES string of the molecule is Fc1cccc(CNc2ncc3ccccc3n2)c1. The van der Waals surface area contributed by atoms with Gasteiger partial charge in [-0.25, -0.2) is 14.4 Å². The van der Waals surface area contributed by atoms with E-state index in [-0.39, 0.29) is 5.82 Å². The predicted molar refractivity (Wildman–Crippen MR) is 73.3 cm³/mol. The van der Waals surface area contributed by atoms with Crippen LogP contribution in [0.15, 0.2) is 54.7 Å². The van der Waals surface area contributed by atoms with Gasteiger partial charge >= 0.3 is 0 Å². The van der Waals surface area contributed by atoms with Crippen LogP contribution in [0.2, 0.25) is 0 Å². The van der Waals surface area contributed by atoms with Gasteiger partial charge in [0.1, 0.15) is 5.82 Å². The second-order valence-corrected chi connectivity index (χ2v) is 4.24. The van der Waals surface area contributed by atoms with Crippen molar-refractivity contribution in [1.82, 2.24) is 9.97 Å². The van der Waals surface area contributed by atoms with Crippen LogP contribution in [0, 0.1) is 5.82 Å². The fraction of sp³-hybridized carbons (Fsp3) is 0.0667. The number of anilines is 1. The van der Waals surface area contributed by atoms with Gasteiger partial charge in [0.15, 0.2) is 0 Å². The van der Waals surface area contributed by atoms with Crippen molar-refractivity contribution in [3.8, 4) is 0 Å². The summed E-state index contributed by atoms with van der Waals surface area (Å²) in [5.74, 6) is 0.307. The lowest BCUT2D eigenvalue weighted by Crippen LogP contribution is -2.03. The third-order valence-electron chi connectivity index (χ3n) is 2.83. The van der Waals surface area contributed by atoms with E-state index in [1.54, 1.807) is 12.3 Å². The fourth-order valence-electron chi connectivity index (χ4n) is 1.89. The zero-order valence-electron chi connectivity index (χ0n) is 10.2.